The van der Waals surface area contributed by atoms with E-state index in [1.165, 1.54) is 19.3 Å². The second-order valence-corrected chi connectivity index (χ2v) is 5.06. The SMILES string of the molecule is O=C(Cc1ccoc1)C1CC2CCC1C2. The highest BCUT2D eigenvalue weighted by molar-refractivity contribution is 5.83. The second kappa shape index (κ2) is 3.51. The van der Waals surface area contributed by atoms with Crippen molar-refractivity contribution in [2.45, 2.75) is 32.1 Å². The van der Waals surface area contributed by atoms with Gasteiger partial charge in [-0.05, 0) is 42.7 Å². The monoisotopic (exact) mass is 204 g/mol. The number of furan rings is 1. The molecule has 2 aliphatic carbocycles. The van der Waals surface area contributed by atoms with Crippen LogP contribution in [0, 0.1) is 17.8 Å². The lowest BCUT2D eigenvalue weighted by Crippen LogP contribution is -2.22. The molecule has 0 saturated heterocycles. The zero-order chi connectivity index (χ0) is 10.3. The highest BCUT2D eigenvalue weighted by Crippen LogP contribution is 2.48. The fourth-order valence-corrected chi connectivity index (χ4v) is 3.36. The lowest BCUT2D eigenvalue weighted by Gasteiger charge is -2.19. The third-order valence-corrected chi connectivity index (χ3v) is 4.11. The Hall–Kier alpha value is -1.05. The molecule has 2 aliphatic rings. The normalized spacial score (nSPS) is 33.5. The standard InChI is InChI=1S/C13H16O2/c14-13(7-10-3-4-15-8-10)12-6-9-1-2-11(12)5-9/h3-4,8-9,11-12H,1-2,5-7H2. The summed E-state index contributed by atoms with van der Waals surface area (Å²) in [6, 6.07) is 1.89. The van der Waals surface area contributed by atoms with Gasteiger partial charge in [-0.15, -0.1) is 0 Å². The molecule has 1 heterocycles. The van der Waals surface area contributed by atoms with E-state index in [-0.39, 0.29) is 0 Å². The number of carbonyl (C=O) groups excluding carboxylic acids is 1. The number of carbonyl (C=O) groups is 1. The maximum absolute atomic E-state index is 12.1. The molecule has 0 aliphatic heterocycles. The van der Waals surface area contributed by atoms with Crippen LogP contribution in [0.5, 0.6) is 0 Å². The average Bonchev–Trinajstić information content (AvgIpc) is 2.93. The fraction of sp³-hybridized carbons (Fsp3) is 0.615. The predicted molar refractivity (Wildman–Crippen MR) is 56.4 cm³/mol. The molecule has 3 unspecified atom stereocenters. The average molecular weight is 204 g/mol. The molecule has 2 bridgehead atoms. The minimum Gasteiger partial charge on any atom is -0.472 e. The first-order chi connectivity index (χ1) is 7.33. The molecule has 0 radical (unpaired) electrons. The van der Waals surface area contributed by atoms with Crippen molar-refractivity contribution in [3.63, 3.8) is 0 Å². The molecule has 2 saturated carbocycles. The van der Waals surface area contributed by atoms with Crippen LogP contribution >= 0.6 is 0 Å². The third-order valence-electron chi connectivity index (χ3n) is 4.11. The Balaban J connectivity index is 1.66. The van der Waals surface area contributed by atoms with Crippen LogP contribution < -0.4 is 0 Å². The van der Waals surface area contributed by atoms with Crippen LogP contribution in [0.15, 0.2) is 23.0 Å². The van der Waals surface area contributed by atoms with E-state index in [1.807, 2.05) is 6.07 Å². The minimum absolute atomic E-state index is 0.360. The van der Waals surface area contributed by atoms with Crippen molar-refractivity contribution in [2.24, 2.45) is 17.8 Å². The van der Waals surface area contributed by atoms with Crippen molar-refractivity contribution in [2.75, 3.05) is 0 Å². The smallest absolute Gasteiger partial charge is 0.140 e. The van der Waals surface area contributed by atoms with Crippen LogP contribution in [0.4, 0.5) is 0 Å². The molecule has 2 heteroatoms. The second-order valence-electron chi connectivity index (χ2n) is 5.06. The van der Waals surface area contributed by atoms with Gasteiger partial charge in [-0.25, -0.2) is 0 Å². The Morgan fingerprint density at radius 1 is 1.40 bits per heavy atom. The maximum Gasteiger partial charge on any atom is 0.140 e. The van der Waals surface area contributed by atoms with Crippen LogP contribution in [-0.4, -0.2) is 5.78 Å². The molecule has 1 aromatic rings. The molecule has 0 N–H and O–H groups in total. The van der Waals surface area contributed by atoms with E-state index >= 15 is 0 Å². The highest BCUT2D eigenvalue weighted by atomic mass is 16.3. The van der Waals surface area contributed by atoms with Gasteiger partial charge in [0.15, 0.2) is 0 Å². The molecule has 15 heavy (non-hydrogen) atoms. The number of hydrogen-bond acceptors (Lipinski definition) is 2. The van der Waals surface area contributed by atoms with E-state index in [9.17, 15) is 4.79 Å². The van der Waals surface area contributed by atoms with Crippen molar-refractivity contribution in [3.05, 3.63) is 24.2 Å². The molecule has 0 amide bonds. The number of ketones is 1. The predicted octanol–water partition coefficient (Wildman–Crippen LogP) is 2.83. The quantitative estimate of drug-likeness (QED) is 0.757. The molecule has 2 fully saturated rings. The summed E-state index contributed by atoms with van der Waals surface area (Å²) >= 11 is 0. The molecule has 3 atom stereocenters. The van der Waals surface area contributed by atoms with E-state index < -0.39 is 0 Å². The van der Waals surface area contributed by atoms with E-state index in [2.05, 4.69) is 0 Å². The summed E-state index contributed by atoms with van der Waals surface area (Å²) in [5.41, 5.74) is 1.03. The van der Waals surface area contributed by atoms with Crippen LogP contribution in [0.1, 0.15) is 31.2 Å². The van der Waals surface area contributed by atoms with Crippen molar-refractivity contribution in [1.82, 2.24) is 0 Å². The Labute approximate surface area is 89.7 Å². The largest absolute Gasteiger partial charge is 0.472 e. The van der Waals surface area contributed by atoms with Crippen molar-refractivity contribution < 1.29 is 9.21 Å². The van der Waals surface area contributed by atoms with Crippen LogP contribution in [0.25, 0.3) is 0 Å². The zero-order valence-electron chi connectivity index (χ0n) is 8.82. The van der Waals surface area contributed by atoms with Crippen LogP contribution in [0.3, 0.4) is 0 Å². The molecule has 80 valence electrons. The van der Waals surface area contributed by atoms with Crippen LogP contribution in [-0.2, 0) is 11.2 Å². The molecule has 0 spiro atoms. The van der Waals surface area contributed by atoms with Gasteiger partial charge in [-0.3, -0.25) is 4.79 Å². The summed E-state index contributed by atoms with van der Waals surface area (Å²) in [4.78, 5) is 12.1. The minimum atomic E-state index is 0.360. The van der Waals surface area contributed by atoms with Gasteiger partial charge >= 0.3 is 0 Å². The van der Waals surface area contributed by atoms with Crippen molar-refractivity contribution >= 4 is 5.78 Å². The van der Waals surface area contributed by atoms with E-state index in [0.717, 1.165) is 17.9 Å². The Bertz CT molecular complexity index is 353. The first kappa shape index (κ1) is 9.20. The zero-order valence-corrected chi connectivity index (χ0v) is 8.82. The fourth-order valence-electron chi connectivity index (χ4n) is 3.36. The van der Waals surface area contributed by atoms with Crippen LogP contribution in [0.2, 0.25) is 0 Å². The number of fused-ring (bicyclic) bond motifs is 2. The van der Waals surface area contributed by atoms with Crippen molar-refractivity contribution in [3.8, 4) is 0 Å². The highest BCUT2D eigenvalue weighted by Gasteiger charge is 2.42. The van der Waals surface area contributed by atoms with Gasteiger partial charge in [0.25, 0.3) is 0 Å². The number of hydrogen-bond donors (Lipinski definition) is 0. The maximum atomic E-state index is 12.1. The Morgan fingerprint density at radius 2 is 2.33 bits per heavy atom. The molecular formula is C13H16O2. The van der Waals surface area contributed by atoms with E-state index in [4.69, 9.17) is 4.42 Å². The molecular weight excluding hydrogens is 188 g/mol. The summed E-state index contributed by atoms with van der Waals surface area (Å²) in [6.45, 7) is 0. The first-order valence-electron chi connectivity index (χ1n) is 5.86. The van der Waals surface area contributed by atoms with Crippen molar-refractivity contribution in [1.29, 1.82) is 0 Å². The summed E-state index contributed by atoms with van der Waals surface area (Å²) < 4.78 is 4.99. The topological polar surface area (TPSA) is 30.2 Å². The van der Waals surface area contributed by atoms with Gasteiger partial charge in [0, 0.05) is 12.3 Å². The lowest BCUT2D eigenvalue weighted by molar-refractivity contribution is -0.123. The van der Waals surface area contributed by atoms with Gasteiger partial charge in [-0.2, -0.15) is 0 Å². The molecule has 0 aromatic carbocycles. The van der Waals surface area contributed by atoms with Gasteiger partial charge in [0.2, 0.25) is 0 Å². The summed E-state index contributed by atoms with van der Waals surface area (Å²) in [5.74, 6) is 2.35. The van der Waals surface area contributed by atoms with Gasteiger partial charge < -0.3 is 4.42 Å². The molecule has 2 nitrogen and oxygen atoms in total. The first-order valence-corrected chi connectivity index (χ1v) is 5.86. The van der Waals surface area contributed by atoms with E-state index in [1.54, 1.807) is 12.5 Å². The third kappa shape index (κ3) is 1.62. The number of Topliss-reactive ketones (excluding diaryl/α,β-unsaturated/α-hetero) is 1. The van der Waals surface area contributed by atoms with Gasteiger partial charge in [0.05, 0.1) is 12.5 Å². The summed E-state index contributed by atoms with van der Waals surface area (Å²) in [6.07, 6.45) is 9.01. The summed E-state index contributed by atoms with van der Waals surface area (Å²) in [5, 5.41) is 0. The Morgan fingerprint density at radius 3 is 2.93 bits per heavy atom. The van der Waals surface area contributed by atoms with E-state index in [0.29, 0.717) is 24.0 Å². The van der Waals surface area contributed by atoms with Gasteiger partial charge in [-0.1, -0.05) is 6.42 Å². The molecule has 1 aromatic heterocycles. The Kier molecular flexibility index (Phi) is 2.15. The lowest BCUT2D eigenvalue weighted by atomic mass is 9.84. The molecule has 3 rings (SSSR count). The van der Waals surface area contributed by atoms with Gasteiger partial charge in [0.1, 0.15) is 5.78 Å². The summed E-state index contributed by atoms with van der Waals surface area (Å²) in [7, 11) is 0. The number of rotatable bonds is 3.